The zero-order valence-electron chi connectivity index (χ0n) is 33.1. The fourth-order valence-electron chi connectivity index (χ4n) is 5.67. The van der Waals surface area contributed by atoms with Crippen molar-refractivity contribution in [3.63, 3.8) is 0 Å². The van der Waals surface area contributed by atoms with Crippen LogP contribution in [0, 0.1) is 5.92 Å². The van der Waals surface area contributed by atoms with Gasteiger partial charge in [-0.2, -0.15) is 0 Å². The Morgan fingerprint density at radius 1 is 0.590 bits per heavy atom. The van der Waals surface area contributed by atoms with Crippen molar-refractivity contribution >= 4 is 77.1 Å². The van der Waals surface area contributed by atoms with Gasteiger partial charge in [0.2, 0.25) is 47.3 Å². The van der Waals surface area contributed by atoms with Gasteiger partial charge in [-0.15, -0.1) is 0 Å². The lowest BCUT2D eigenvalue weighted by atomic mass is 10.0. The molecule has 0 aromatic heterocycles. The summed E-state index contributed by atoms with van der Waals surface area (Å²) in [6.45, 7) is 1.29. The number of amides is 8. The van der Waals surface area contributed by atoms with Gasteiger partial charge in [0.05, 0.1) is 32.5 Å². The molecule has 1 saturated heterocycles. The van der Waals surface area contributed by atoms with E-state index in [-0.39, 0.29) is 25.4 Å². The van der Waals surface area contributed by atoms with Crippen LogP contribution >= 0.6 is 0 Å². The molecule has 0 saturated carbocycles. The van der Waals surface area contributed by atoms with E-state index in [0.29, 0.717) is 6.42 Å². The number of aliphatic carboxylic acids is 5. The number of carboxylic acid groups (broad SMARTS) is 5. The summed E-state index contributed by atoms with van der Waals surface area (Å²) >= 11 is 0. The van der Waals surface area contributed by atoms with Crippen LogP contribution in [0.2, 0.25) is 0 Å². The number of nitrogens with one attached hydrogen (secondary N) is 7. The monoisotopic (exact) mass is 873 g/mol. The molecule has 340 valence electrons. The summed E-state index contributed by atoms with van der Waals surface area (Å²) in [7, 11) is 0. The van der Waals surface area contributed by atoms with Crippen LogP contribution < -0.4 is 43.0 Å². The average Bonchev–Trinajstić information content (AvgIpc) is 3.66. The van der Waals surface area contributed by atoms with Crippen LogP contribution in [0.3, 0.4) is 0 Å². The van der Waals surface area contributed by atoms with Gasteiger partial charge >= 0.3 is 29.8 Å². The Bertz CT molecular complexity index is 1710. The summed E-state index contributed by atoms with van der Waals surface area (Å²) in [4.78, 5) is 160. The van der Waals surface area contributed by atoms with Gasteiger partial charge in [-0.05, 0) is 31.6 Å². The molecular weight excluding hydrogens is 822 g/mol. The summed E-state index contributed by atoms with van der Waals surface area (Å²) in [6, 6.07) is -9.51. The van der Waals surface area contributed by atoms with Gasteiger partial charge in [0, 0.05) is 19.4 Å². The molecule has 1 aliphatic rings. The van der Waals surface area contributed by atoms with Gasteiger partial charge in [0.15, 0.2) is 0 Å². The molecule has 61 heavy (non-hydrogen) atoms. The smallest absolute Gasteiger partial charge is 0.326 e. The summed E-state index contributed by atoms with van der Waals surface area (Å²) in [5.74, 6) is -16.3. The molecule has 1 heterocycles. The molecule has 1 rings (SSSR count). The number of rotatable bonds is 27. The first-order valence-corrected chi connectivity index (χ1v) is 18.6. The quantitative estimate of drug-likeness (QED) is 0.0365. The lowest BCUT2D eigenvalue weighted by molar-refractivity contribution is -0.144. The maximum Gasteiger partial charge on any atom is 0.326 e. The molecule has 27 nitrogen and oxygen atoms in total. The molecule has 1 fully saturated rings. The fourth-order valence-corrected chi connectivity index (χ4v) is 5.67. The Hall–Kier alpha value is -6.93. The number of hydrogen-bond donors (Lipinski definition) is 13. The molecular formula is C34H51N9O18. The largest absolute Gasteiger partial charge is 0.481 e. The molecule has 0 aromatic rings. The Labute approximate surface area is 346 Å². The third kappa shape index (κ3) is 19.1. The number of likely N-dealkylation sites (tertiary alicyclic amines) is 1. The van der Waals surface area contributed by atoms with Crippen molar-refractivity contribution in [2.75, 3.05) is 26.2 Å². The molecule has 8 amide bonds. The van der Waals surface area contributed by atoms with E-state index in [1.165, 1.54) is 4.90 Å². The van der Waals surface area contributed by atoms with Crippen LogP contribution in [0.15, 0.2) is 0 Å². The maximum atomic E-state index is 13.2. The third-order valence-electron chi connectivity index (χ3n) is 8.72. The lowest BCUT2D eigenvalue weighted by Gasteiger charge is -2.30. The second-order valence-corrected chi connectivity index (χ2v) is 13.9. The predicted octanol–water partition coefficient (Wildman–Crippen LogP) is -5.99. The molecule has 0 aliphatic carbocycles. The minimum absolute atomic E-state index is 0.165. The number of nitrogens with zero attached hydrogens (tertiary/aromatic N) is 1. The van der Waals surface area contributed by atoms with Crippen LogP contribution in [0.5, 0.6) is 0 Å². The van der Waals surface area contributed by atoms with E-state index in [4.69, 9.17) is 15.9 Å². The van der Waals surface area contributed by atoms with Gasteiger partial charge in [-0.3, -0.25) is 57.5 Å². The second-order valence-electron chi connectivity index (χ2n) is 13.9. The van der Waals surface area contributed by atoms with E-state index in [1.807, 2.05) is 21.3 Å². The highest BCUT2D eigenvalue weighted by Crippen LogP contribution is 2.20. The number of hydrogen-bond acceptors (Lipinski definition) is 14. The number of nitrogens with two attached hydrogens (primary N) is 1. The molecule has 0 spiro atoms. The lowest BCUT2D eigenvalue weighted by Crippen LogP contribution is -2.57. The highest BCUT2D eigenvalue weighted by molar-refractivity contribution is 5.98. The van der Waals surface area contributed by atoms with E-state index in [2.05, 4.69) is 16.0 Å². The van der Waals surface area contributed by atoms with Crippen LogP contribution in [0.1, 0.15) is 65.2 Å². The summed E-state index contributed by atoms with van der Waals surface area (Å²) < 4.78 is 0. The molecule has 6 unspecified atom stereocenters. The van der Waals surface area contributed by atoms with Crippen molar-refractivity contribution in [3.05, 3.63) is 0 Å². The van der Waals surface area contributed by atoms with Crippen LogP contribution in [-0.2, 0) is 62.3 Å². The Kier molecular flexibility index (Phi) is 21.8. The van der Waals surface area contributed by atoms with Gasteiger partial charge in [0.25, 0.3) is 0 Å². The van der Waals surface area contributed by atoms with Crippen molar-refractivity contribution in [1.29, 1.82) is 0 Å². The van der Waals surface area contributed by atoms with Crippen LogP contribution in [-0.4, -0.2) is 170 Å². The fraction of sp³-hybridized carbons (Fsp3) is 0.618. The van der Waals surface area contributed by atoms with E-state index < -0.39 is 165 Å². The standard InChI is InChI=1S/C34H51N9O18/c1-15(2)28(42-21(44)12-35)33(59)43-9-3-4-20(43)32(58)37-14-23(46)38-18(10-26(51)52)29(55)36-13-22(45)39-19(11-27(53)54)31(57)40-16(5-7-24(47)48)30(56)41-17(34(60)61)6-8-25(49)50/h15-20,28H,3-14,35H2,1-2H3,(H,36,55)(H,37,58)(H,38,46)(H,39,45)(H,40,57)(H,41,56)(H,42,44)(H,47,48)(H,49,50)(H,51,52)(H,53,54)(H,60,61). The van der Waals surface area contributed by atoms with Crippen molar-refractivity contribution in [2.24, 2.45) is 11.7 Å². The molecule has 1 aliphatic heterocycles. The summed E-state index contributed by atoms with van der Waals surface area (Å²) in [6.07, 6.45) is -4.30. The first-order chi connectivity index (χ1) is 28.5. The number of carboxylic acids is 5. The molecule has 0 aromatic carbocycles. The van der Waals surface area contributed by atoms with E-state index in [0.717, 1.165) is 0 Å². The molecule has 14 N–H and O–H groups in total. The van der Waals surface area contributed by atoms with Crippen LogP contribution in [0.4, 0.5) is 0 Å². The van der Waals surface area contributed by atoms with Crippen molar-refractivity contribution < 1.29 is 87.9 Å². The van der Waals surface area contributed by atoms with Crippen molar-refractivity contribution in [2.45, 2.75) is 101 Å². The third-order valence-corrected chi connectivity index (χ3v) is 8.72. The number of carbonyl (C=O) groups is 13. The van der Waals surface area contributed by atoms with E-state index in [9.17, 15) is 77.6 Å². The van der Waals surface area contributed by atoms with E-state index >= 15 is 0 Å². The maximum absolute atomic E-state index is 13.2. The minimum Gasteiger partial charge on any atom is -0.481 e. The average molecular weight is 874 g/mol. The molecule has 0 bridgehead atoms. The first-order valence-electron chi connectivity index (χ1n) is 18.6. The zero-order chi connectivity index (χ0) is 46.6. The number of carbonyl (C=O) groups excluding carboxylic acids is 8. The van der Waals surface area contributed by atoms with Gasteiger partial charge in [-0.1, -0.05) is 13.8 Å². The highest BCUT2D eigenvalue weighted by atomic mass is 16.4. The van der Waals surface area contributed by atoms with Crippen LogP contribution in [0.25, 0.3) is 0 Å². The first kappa shape index (κ1) is 52.1. The molecule has 6 atom stereocenters. The van der Waals surface area contributed by atoms with Gasteiger partial charge in [0.1, 0.15) is 36.3 Å². The van der Waals surface area contributed by atoms with Crippen molar-refractivity contribution in [3.8, 4) is 0 Å². The Balaban J connectivity index is 2.97. The van der Waals surface area contributed by atoms with Gasteiger partial charge < -0.3 is 73.4 Å². The minimum atomic E-state index is -2.01. The highest BCUT2D eigenvalue weighted by Gasteiger charge is 2.39. The predicted molar refractivity (Wildman–Crippen MR) is 200 cm³/mol. The molecule has 0 radical (unpaired) electrons. The normalized spacial score (nSPS) is 15.7. The summed E-state index contributed by atoms with van der Waals surface area (Å²) in [5, 5.41) is 60.7. The second kappa shape index (κ2) is 25.5. The SMILES string of the molecule is CC(C)C(NC(=O)CN)C(=O)N1CCCC1C(=O)NCC(=O)NC(CC(=O)O)C(=O)NCC(=O)NC(CC(=O)O)C(=O)NC(CCC(=O)O)C(=O)NC(CCC(=O)O)C(=O)O. The Morgan fingerprint density at radius 2 is 1.07 bits per heavy atom. The van der Waals surface area contributed by atoms with Gasteiger partial charge in [-0.25, -0.2) is 4.79 Å². The summed E-state index contributed by atoms with van der Waals surface area (Å²) in [5.41, 5.74) is 5.34. The van der Waals surface area contributed by atoms with E-state index in [1.54, 1.807) is 13.8 Å². The molecule has 27 heteroatoms. The zero-order valence-corrected chi connectivity index (χ0v) is 33.1. The van der Waals surface area contributed by atoms with Crippen molar-refractivity contribution in [1.82, 2.24) is 42.1 Å². The Morgan fingerprint density at radius 3 is 1.54 bits per heavy atom. The topological polar surface area (TPSA) is 437 Å².